The highest BCUT2D eigenvalue weighted by Gasteiger charge is 2.48. The van der Waals surface area contributed by atoms with Gasteiger partial charge in [0.1, 0.15) is 30.2 Å². The third-order valence-corrected chi connectivity index (χ3v) is 11.1. The van der Waals surface area contributed by atoms with Crippen molar-refractivity contribution in [2.45, 2.75) is 66.8 Å². The predicted octanol–water partition coefficient (Wildman–Crippen LogP) is -0.551. The predicted molar refractivity (Wildman–Crippen MR) is 161 cm³/mol. The van der Waals surface area contributed by atoms with Crippen molar-refractivity contribution < 1.29 is 42.1 Å². The van der Waals surface area contributed by atoms with Gasteiger partial charge in [0.2, 0.25) is 27.7 Å². The van der Waals surface area contributed by atoms with E-state index in [2.05, 4.69) is 10.6 Å². The van der Waals surface area contributed by atoms with Crippen molar-refractivity contribution in [1.29, 1.82) is 0 Å². The summed E-state index contributed by atoms with van der Waals surface area (Å²) in [5.41, 5.74) is 0.842. The van der Waals surface area contributed by atoms with Gasteiger partial charge in [-0.2, -0.15) is 4.31 Å². The lowest BCUT2D eigenvalue weighted by atomic mass is 10.0. The highest BCUT2D eigenvalue weighted by molar-refractivity contribution is 7.89. The maximum absolute atomic E-state index is 14.1. The number of amides is 3. The molecule has 6 rings (SSSR count). The van der Waals surface area contributed by atoms with Crippen LogP contribution in [0.15, 0.2) is 53.4 Å². The van der Waals surface area contributed by atoms with Crippen molar-refractivity contribution >= 4 is 39.3 Å². The van der Waals surface area contributed by atoms with Crippen LogP contribution in [-0.4, -0.2) is 126 Å². The van der Waals surface area contributed by atoms with Crippen LogP contribution in [0, 0.1) is 5.82 Å². The van der Waals surface area contributed by atoms with Gasteiger partial charge in [-0.1, -0.05) is 29.8 Å². The number of rotatable bonds is 4. The quantitative estimate of drug-likeness (QED) is 0.331. The molecule has 16 heteroatoms. The van der Waals surface area contributed by atoms with Gasteiger partial charge in [0.15, 0.2) is 0 Å². The zero-order valence-corrected chi connectivity index (χ0v) is 26.2. The molecule has 2 aromatic carbocycles. The van der Waals surface area contributed by atoms with Crippen LogP contribution in [0.3, 0.4) is 0 Å². The van der Waals surface area contributed by atoms with Gasteiger partial charge in [0, 0.05) is 50.3 Å². The summed E-state index contributed by atoms with van der Waals surface area (Å²) in [7, 11) is -4.37. The van der Waals surface area contributed by atoms with E-state index in [1.165, 1.54) is 17.0 Å². The van der Waals surface area contributed by atoms with Crippen LogP contribution in [0.1, 0.15) is 18.4 Å². The van der Waals surface area contributed by atoms with Crippen LogP contribution in [0.2, 0.25) is 5.02 Å². The molecule has 4 N–H and O–H groups in total. The standard InChI is InChI=1S/C30H35ClFN5O8S/c31-18-4-1-3-17(9-18)14-36-15-20-11-22(36)30(42)35-7-8-37(46(43,44)21-6-2-5-19(32)10-21)23(16-35)29(41)33-13-25-28(40)27(39)24(45-25)12-26(38)34-20/h1-6,9-10,20,22-25,27-28,39-40H,7-8,11-16H2,(H,33,41)(H,34,38)/t20-,22-,23-,24-,25+,27-,28+/m0/s1. The molecule has 4 aliphatic heterocycles. The average Bonchev–Trinajstić information content (AvgIpc) is 3.53. The molecule has 13 nitrogen and oxygen atoms in total. The maximum atomic E-state index is 14.1. The Morgan fingerprint density at radius 3 is 2.50 bits per heavy atom. The summed E-state index contributed by atoms with van der Waals surface area (Å²) >= 11 is 6.20. The Kier molecular flexibility index (Phi) is 9.36. The Labute approximate surface area is 270 Å². The number of halogens is 2. The van der Waals surface area contributed by atoms with Crippen LogP contribution < -0.4 is 10.6 Å². The topological polar surface area (TPSA) is 169 Å². The van der Waals surface area contributed by atoms with Crippen LogP contribution in [0.25, 0.3) is 0 Å². The summed E-state index contributed by atoms with van der Waals surface area (Å²) < 4.78 is 48.2. The maximum Gasteiger partial charge on any atom is 0.244 e. The lowest BCUT2D eigenvalue weighted by molar-refractivity contribution is -0.140. The number of carbonyl (C=O) groups is 3. The number of ether oxygens (including phenoxy) is 1. The molecule has 248 valence electrons. The summed E-state index contributed by atoms with van der Waals surface area (Å²) in [5, 5.41) is 27.3. The van der Waals surface area contributed by atoms with Gasteiger partial charge in [0.25, 0.3) is 0 Å². The lowest BCUT2D eigenvalue weighted by Gasteiger charge is -2.41. The van der Waals surface area contributed by atoms with Gasteiger partial charge in [-0.15, -0.1) is 0 Å². The largest absolute Gasteiger partial charge is 0.388 e. The molecule has 2 aromatic rings. The van der Waals surface area contributed by atoms with Crippen LogP contribution in [0.4, 0.5) is 4.39 Å². The fourth-order valence-corrected chi connectivity index (χ4v) is 8.52. The van der Waals surface area contributed by atoms with Crippen molar-refractivity contribution in [1.82, 2.24) is 24.7 Å². The van der Waals surface area contributed by atoms with Gasteiger partial charge in [0.05, 0.1) is 23.5 Å². The zero-order chi connectivity index (χ0) is 32.7. The monoisotopic (exact) mass is 679 g/mol. The van der Waals surface area contributed by atoms with E-state index in [0.29, 0.717) is 18.1 Å². The smallest absolute Gasteiger partial charge is 0.244 e. The van der Waals surface area contributed by atoms with Gasteiger partial charge >= 0.3 is 0 Å². The number of hydrogen-bond acceptors (Lipinski definition) is 9. The molecule has 4 saturated heterocycles. The minimum absolute atomic E-state index is 0.0337. The number of aliphatic hydroxyl groups is 2. The second-order valence-electron chi connectivity index (χ2n) is 12.1. The summed E-state index contributed by atoms with van der Waals surface area (Å²) in [6, 6.07) is 9.08. The summed E-state index contributed by atoms with van der Waals surface area (Å²) in [5.74, 6) is -2.29. The van der Waals surface area contributed by atoms with Crippen molar-refractivity contribution in [3.05, 3.63) is 64.9 Å². The Balaban J connectivity index is 1.33. The van der Waals surface area contributed by atoms with E-state index in [0.717, 1.165) is 22.0 Å². The molecule has 4 heterocycles. The SMILES string of the molecule is O=C1C[C@@H]2O[C@H](CNC(=O)[C@@H]3CN(CCN3S(=O)(=O)c3cccc(F)c3)C(=O)[C@@H]3C[C@@H](CN3Cc3cccc(Cl)c3)N1)[C@@H](O)[C@H]2O. The molecule has 4 fully saturated rings. The van der Waals surface area contributed by atoms with Crippen molar-refractivity contribution in [3.8, 4) is 0 Å². The van der Waals surface area contributed by atoms with E-state index in [1.54, 1.807) is 18.2 Å². The molecule has 7 atom stereocenters. The van der Waals surface area contributed by atoms with Crippen LogP contribution in [-0.2, 0) is 35.7 Å². The molecule has 4 aliphatic rings. The van der Waals surface area contributed by atoms with Crippen molar-refractivity contribution in [2.75, 3.05) is 32.7 Å². The van der Waals surface area contributed by atoms with E-state index < -0.39 is 70.2 Å². The number of likely N-dealkylation sites (tertiary alicyclic amines) is 1. The zero-order valence-electron chi connectivity index (χ0n) is 24.7. The van der Waals surface area contributed by atoms with Crippen molar-refractivity contribution in [2.24, 2.45) is 0 Å². The fraction of sp³-hybridized carbons (Fsp3) is 0.500. The first kappa shape index (κ1) is 32.7. The Hall–Kier alpha value is -3.18. The highest BCUT2D eigenvalue weighted by atomic mass is 35.5. The minimum Gasteiger partial charge on any atom is -0.388 e. The Morgan fingerprint density at radius 2 is 1.74 bits per heavy atom. The first-order chi connectivity index (χ1) is 21.9. The summed E-state index contributed by atoms with van der Waals surface area (Å²) in [4.78, 5) is 43.8. The van der Waals surface area contributed by atoms with E-state index in [9.17, 15) is 37.4 Å². The third-order valence-electron chi connectivity index (χ3n) is 9.00. The molecular weight excluding hydrogens is 645 g/mol. The number of carbonyl (C=O) groups excluding carboxylic acids is 3. The summed E-state index contributed by atoms with van der Waals surface area (Å²) in [6.45, 7) is -0.226. The number of piperazine rings is 1. The number of nitrogens with zero attached hydrogens (tertiary/aromatic N) is 3. The molecule has 0 aromatic heterocycles. The van der Waals surface area contributed by atoms with E-state index in [-0.39, 0.29) is 49.8 Å². The van der Waals surface area contributed by atoms with Gasteiger partial charge in [-0.25, -0.2) is 12.8 Å². The number of hydrogen-bond donors (Lipinski definition) is 4. The first-order valence-electron chi connectivity index (χ1n) is 15.0. The molecule has 6 bridgehead atoms. The van der Waals surface area contributed by atoms with E-state index in [1.807, 2.05) is 11.0 Å². The number of nitrogens with one attached hydrogen (secondary N) is 2. The molecule has 0 radical (unpaired) electrons. The number of benzene rings is 2. The first-order valence-corrected chi connectivity index (χ1v) is 16.9. The van der Waals surface area contributed by atoms with Crippen LogP contribution >= 0.6 is 11.6 Å². The van der Waals surface area contributed by atoms with Crippen LogP contribution in [0.5, 0.6) is 0 Å². The average molecular weight is 680 g/mol. The second-order valence-corrected chi connectivity index (χ2v) is 14.4. The highest BCUT2D eigenvalue weighted by Crippen LogP contribution is 2.29. The van der Waals surface area contributed by atoms with E-state index in [4.69, 9.17) is 16.3 Å². The number of sulfonamides is 1. The Bertz CT molecular complexity index is 1620. The lowest BCUT2D eigenvalue weighted by Crippen LogP contribution is -2.63. The van der Waals surface area contributed by atoms with E-state index >= 15 is 0 Å². The normalized spacial score (nSPS) is 31.5. The van der Waals surface area contributed by atoms with Gasteiger partial charge in [-0.05, 0) is 42.3 Å². The fourth-order valence-electron chi connectivity index (χ4n) is 6.70. The molecule has 0 saturated carbocycles. The summed E-state index contributed by atoms with van der Waals surface area (Å²) in [6.07, 6.45) is -4.99. The second kappa shape index (κ2) is 13.1. The number of aliphatic hydroxyl groups excluding tert-OH is 2. The van der Waals surface area contributed by atoms with Gasteiger partial charge < -0.3 is 30.5 Å². The third kappa shape index (κ3) is 6.63. The molecule has 0 aliphatic carbocycles. The Morgan fingerprint density at radius 1 is 0.978 bits per heavy atom. The molecule has 46 heavy (non-hydrogen) atoms. The molecule has 0 spiro atoms. The molecular formula is C30H35ClFN5O8S. The molecule has 3 amide bonds. The van der Waals surface area contributed by atoms with Gasteiger partial charge in [-0.3, -0.25) is 19.3 Å². The van der Waals surface area contributed by atoms with Crippen molar-refractivity contribution in [3.63, 3.8) is 0 Å². The number of fused-ring (bicyclic) bond motifs is 6. The minimum atomic E-state index is -4.37. The molecule has 0 unspecified atom stereocenters.